The number of hydrogen-bond donors (Lipinski definition) is 1. The van der Waals surface area contributed by atoms with Crippen LogP contribution in [0.4, 0.5) is 4.39 Å². The van der Waals surface area contributed by atoms with Gasteiger partial charge in [-0.2, -0.15) is 10.2 Å². The first-order valence-electron chi connectivity index (χ1n) is 10.2. The molecular weight excluding hydrogens is 417 g/mol. The maximum Gasteiger partial charge on any atom is 0.241 e. The number of nitrogens with two attached hydrogens (primary N) is 1. The van der Waals surface area contributed by atoms with Gasteiger partial charge in [0.2, 0.25) is 5.91 Å². The average molecular weight is 442 g/mol. The van der Waals surface area contributed by atoms with Crippen LogP contribution in [-0.2, 0) is 16.1 Å². The van der Waals surface area contributed by atoms with Crippen LogP contribution < -0.4 is 10.6 Å². The average Bonchev–Trinajstić information content (AvgIpc) is 3.17. The van der Waals surface area contributed by atoms with E-state index in [2.05, 4.69) is 15.4 Å². The Labute approximate surface area is 184 Å². The molecule has 4 rings (SSSR count). The molecule has 2 aromatic carbocycles. The van der Waals surface area contributed by atoms with Gasteiger partial charge in [-0.15, -0.1) is 0 Å². The number of thioether (sulfide) groups is 1. The third-order valence-electron chi connectivity index (χ3n) is 5.65. The number of amides is 1. The first-order chi connectivity index (χ1) is 15.0. The number of hydrogen-bond acceptors (Lipinski definition) is 6. The van der Waals surface area contributed by atoms with E-state index in [-0.39, 0.29) is 17.6 Å². The van der Waals surface area contributed by atoms with Crippen LogP contribution in [0.5, 0.6) is 5.75 Å². The molecule has 9 heteroatoms. The minimum absolute atomic E-state index is 0.152. The molecule has 162 valence electrons. The van der Waals surface area contributed by atoms with Crippen molar-refractivity contribution < 1.29 is 13.9 Å². The summed E-state index contributed by atoms with van der Waals surface area (Å²) in [7, 11) is 0. The summed E-state index contributed by atoms with van der Waals surface area (Å²) in [4.78, 5) is 11.9. The number of nitrogens with zero attached hydrogens (tertiary/aromatic N) is 4. The van der Waals surface area contributed by atoms with Crippen molar-refractivity contribution in [1.82, 2.24) is 5.01 Å². The second-order valence-corrected chi connectivity index (χ2v) is 8.69. The molecule has 2 aromatic rings. The van der Waals surface area contributed by atoms with E-state index in [1.807, 2.05) is 31.2 Å². The molecule has 0 aliphatic carbocycles. The highest BCUT2D eigenvalue weighted by Gasteiger charge is 2.56. The number of rotatable bonds is 5. The second kappa shape index (κ2) is 8.66. The summed E-state index contributed by atoms with van der Waals surface area (Å²) in [5.74, 6) is 5.13. The highest BCUT2D eigenvalue weighted by atomic mass is 32.2. The lowest BCUT2D eigenvalue weighted by Gasteiger charge is -2.45. The number of hydrazone groups is 1. The number of para-hydroxylation sites is 1. The Balaban J connectivity index is 1.85. The van der Waals surface area contributed by atoms with Crippen molar-refractivity contribution >= 4 is 22.7 Å². The van der Waals surface area contributed by atoms with Gasteiger partial charge in [0.05, 0.1) is 13.2 Å². The lowest BCUT2D eigenvalue weighted by atomic mass is 9.86. The van der Waals surface area contributed by atoms with Crippen LogP contribution in [0.2, 0.25) is 0 Å². The molecule has 1 amide bonds. The molecule has 31 heavy (non-hydrogen) atoms. The molecule has 2 heterocycles. The summed E-state index contributed by atoms with van der Waals surface area (Å²) < 4.78 is 20.8. The van der Waals surface area contributed by atoms with Crippen LogP contribution in [0.15, 0.2) is 57.9 Å². The topological polar surface area (TPSA) is 92.6 Å². The number of carbonyl (C=O) groups is 1. The number of carbonyl (C=O) groups excluding carboxylic acids is 1. The van der Waals surface area contributed by atoms with Crippen LogP contribution in [-0.4, -0.2) is 29.1 Å². The maximum atomic E-state index is 14.8. The van der Waals surface area contributed by atoms with E-state index in [1.54, 1.807) is 12.1 Å². The van der Waals surface area contributed by atoms with Crippen molar-refractivity contribution in [3.8, 4) is 5.75 Å². The number of benzene rings is 2. The third-order valence-corrected chi connectivity index (χ3v) is 7.18. The highest BCUT2D eigenvalue weighted by Crippen LogP contribution is 2.57. The standard InChI is InChI=1S/C22H24FN5O2S/c1-3-15-8-9-19(23)17(12-15)21-26-28(14(2)29)22(31-21)16(10-11-25-27-24)13-30-20-7-5-4-6-18(20)22/h4-9,12,16H,3,10-11,13H2,1-2H3,(H2,24,25)/t16-,22+/m1/s1. The van der Waals surface area contributed by atoms with Gasteiger partial charge in [0, 0.05) is 24.0 Å². The Morgan fingerprint density at radius 3 is 2.94 bits per heavy atom. The molecule has 7 nitrogen and oxygen atoms in total. The molecule has 2 atom stereocenters. The minimum Gasteiger partial charge on any atom is -0.493 e. The Bertz CT molecular complexity index is 1060. The third kappa shape index (κ3) is 3.67. The summed E-state index contributed by atoms with van der Waals surface area (Å²) in [5.41, 5.74) is 2.24. The predicted octanol–water partition coefficient (Wildman–Crippen LogP) is 4.22. The molecule has 0 saturated carbocycles. The van der Waals surface area contributed by atoms with E-state index in [0.717, 1.165) is 17.5 Å². The van der Waals surface area contributed by atoms with Crippen molar-refractivity contribution in [2.45, 2.75) is 31.6 Å². The first-order valence-corrected chi connectivity index (χ1v) is 11.0. The number of ether oxygens (including phenoxy) is 1. The SMILES string of the molecule is CCc1ccc(F)c(C2=NN(C(C)=O)[C@@]3(S2)c2ccccc2OC[C@H]3CCN=NN)c1. The monoisotopic (exact) mass is 441 g/mol. The molecule has 0 aromatic heterocycles. The quantitative estimate of drug-likeness (QED) is 0.427. The van der Waals surface area contributed by atoms with Gasteiger partial charge in [-0.05, 0) is 36.6 Å². The zero-order chi connectivity index (χ0) is 22.0. The zero-order valence-electron chi connectivity index (χ0n) is 17.4. The van der Waals surface area contributed by atoms with Gasteiger partial charge >= 0.3 is 0 Å². The number of fused-ring (bicyclic) bond motifs is 2. The predicted molar refractivity (Wildman–Crippen MR) is 118 cm³/mol. The fourth-order valence-electron chi connectivity index (χ4n) is 4.13. The van der Waals surface area contributed by atoms with Gasteiger partial charge in [-0.1, -0.05) is 48.2 Å². The lowest BCUT2D eigenvalue weighted by Crippen LogP contribution is -2.50. The first kappa shape index (κ1) is 21.3. The van der Waals surface area contributed by atoms with E-state index in [0.29, 0.717) is 35.9 Å². The largest absolute Gasteiger partial charge is 0.493 e. The summed E-state index contributed by atoms with van der Waals surface area (Å²) >= 11 is 1.40. The van der Waals surface area contributed by atoms with Gasteiger partial charge in [0.1, 0.15) is 16.6 Å². The van der Waals surface area contributed by atoms with Crippen molar-refractivity contribution in [2.24, 2.45) is 27.2 Å². The Morgan fingerprint density at radius 2 is 2.19 bits per heavy atom. The zero-order valence-corrected chi connectivity index (χ0v) is 18.2. The summed E-state index contributed by atoms with van der Waals surface area (Å²) in [6.45, 7) is 4.24. The molecule has 0 radical (unpaired) electrons. The summed E-state index contributed by atoms with van der Waals surface area (Å²) in [6, 6.07) is 12.6. The minimum atomic E-state index is -0.866. The molecular formula is C22H24FN5O2S. The van der Waals surface area contributed by atoms with Gasteiger partial charge in [-0.25, -0.2) is 9.40 Å². The summed E-state index contributed by atoms with van der Waals surface area (Å²) in [6.07, 6.45) is 1.35. The van der Waals surface area contributed by atoms with Gasteiger partial charge in [0.25, 0.3) is 0 Å². The smallest absolute Gasteiger partial charge is 0.241 e. The number of aryl methyl sites for hydroxylation is 1. The molecule has 0 unspecified atom stereocenters. The van der Waals surface area contributed by atoms with Crippen molar-refractivity contribution in [3.63, 3.8) is 0 Å². The fraction of sp³-hybridized carbons (Fsp3) is 0.364. The van der Waals surface area contributed by atoms with Crippen molar-refractivity contribution in [2.75, 3.05) is 13.2 Å². The van der Waals surface area contributed by atoms with E-state index in [9.17, 15) is 9.18 Å². The fourth-order valence-corrected chi connectivity index (χ4v) is 5.70. The van der Waals surface area contributed by atoms with E-state index >= 15 is 0 Å². The highest BCUT2D eigenvalue weighted by molar-refractivity contribution is 8.15. The van der Waals surface area contributed by atoms with Crippen LogP contribution in [0.3, 0.4) is 0 Å². The van der Waals surface area contributed by atoms with Crippen molar-refractivity contribution in [1.29, 1.82) is 0 Å². The Morgan fingerprint density at radius 1 is 1.39 bits per heavy atom. The van der Waals surface area contributed by atoms with E-state index in [1.165, 1.54) is 29.8 Å². The van der Waals surface area contributed by atoms with Crippen LogP contribution >= 0.6 is 11.8 Å². The van der Waals surface area contributed by atoms with Crippen molar-refractivity contribution in [3.05, 3.63) is 65.0 Å². The molecule has 0 saturated heterocycles. The van der Waals surface area contributed by atoms with Crippen LogP contribution in [0.25, 0.3) is 0 Å². The molecule has 2 N–H and O–H groups in total. The van der Waals surface area contributed by atoms with Gasteiger partial charge in [0.15, 0.2) is 4.87 Å². The summed E-state index contributed by atoms with van der Waals surface area (Å²) in [5, 5.41) is 13.8. The van der Waals surface area contributed by atoms with Crippen LogP contribution in [0.1, 0.15) is 37.0 Å². The lowest BCUT2D eigenvalue weighted by molar-refractivity contribution is -0.134. The van der Waals surface area contributed by atoms with Gasteiger partial charge in [-0.3, -0.25) is 4.79 Å². The van der Waals surface area contributed by atoms with E-state index < -0.39 is 4.87 Å². The molecule has 2 aliphatic rings. The molecule has 0 bridgehead atoms. The van der Waals surface area contributed by atoms with E-state index in [4.69, 9.17) is 10.6 Å². The molecule has 2 aliphatic heterocycles. The second-order valence-electron chi connectivity index (χ2n) is 7.48. The maximum absolute atomic E-state index is 14.8. The number of halogens is 1. The van der Waals surface area contributed by atoms with Gasteiger partial charge < -0.3 is 10.6 Å². The molecule has 0 fully saturated rings. The Hall–Kier alpha value is -2.94. The molecule has 1 spiro atoms. The Kier molecular flexibility index (Phi) is 5.95. The van der Waals surface area contributed by atoms with Crippen LogP contribution in [0, 0.1) is 11.7 Å². The normalized spacial score (nSPS) is 22.5.